The smallest absolute Gasteiger partial charge is 0.320 e. The second-order valence-corrected chi connectivity index (χ2v) is 2.97. The zero-order valence-electron chi connectivity index (χ0n) is 7.34. The summed E-state index contributed by atoms with van der Waals surface area (Å²) in [5, 5.41) is 26.6. The van der Waals surface area contributed by atoms with E-state index < -0.39 is 12.0 Å². The van der Waals surface area contributed by atoms with Gasteiger partial charge in [-0.2, -0.15) is 0 Å². The number of rotatable bonds is 3. The van der Waals surface area contributed by atoms with Crippen molar-refractivity contribution in [1.82, 2.24) is 0 Å². The van der Waals surface area contributed by atoms with E-state index in [4.69, 9.17) is 21.1 Å². The van der Waals surface area contributed by atoms with Gasteiger partial charge in [0.2, 0.25) is 0 Å². The van der Waals surface area contributed by atoms with Crippen LogP contribution in [0.2, 0.25) is 0 Å². The number of aliphatic carboxylic acids is 1. The first-order valence-corrected chi connectivity index (χ1v) is 4.00. The van der Waals surface area contributed by atoms with E-state index in [9.17, 15) is 4.79 Å². The molecule has 0 spiro atoms. The highest BCUT2D eigenvalue weighted by Gasteiger charge is 2.12. The van der Waals surface area contributed by atoms with Gasteiger partial charge in [0.15, 0.2) is 11.5 Å². The molecule has 5 heteroatoms. The van der Waals surface area contributed by atoms with E-state index in [0.29, 0.717) is 5.56 Å². The van der Waals surface area contributed by atoms with Crippen LogP contribution >= 0.6 is 0 Å². The molecule has 1 rings (SSSR count). The Kier molecular flexibility index (Phi) is 2.93. The van der Waals surface area contributed by atoms with Crippen molar-refractivity contribution in [2.24, 2.45) is 5.73 Å². The fourth-order valence-electron chi connectivity index (χ4n) is 1.04. The normalized spacial score (nSPS) is 12.4. The molecule has 0 saturated carbocycles. The van der Waals surface area contributed by atoms with Crippen LogP contribution in [0.4, 0.5) is 0 Å². The zero-order valence-corrected chi connectivity index (χ0v) is 7.34. The third-order valence-corrected chi connectivity index (χ3v) is 1.81. The minimum absolute atomic E-state index is 0.114. The lowest BCUT2D eigenvalue weighted by atomic mass is 10.1. The maximum atomic E-state index is 10.4. The van der Waals surface area contributed by atoms with E-state index >= 15 is 0 Å². The molecule has 0 heterocycles. The molecule has 0 unspecified atom stereocenters. The van der Waals surface area contributed by atoms with Gasteiger partial charge in [-0.15, -0.1) is 0 Å². The number of hydrogen-bond acceptors (Lipinski definition) is 4. The summed E-state index contributed by atoms with van der Waals surface area (Å²) in [6.45, 7) is 0. The van der Waals surface area contributed by atoms with Crippen LogP contribution in [0, 0.1) is 0 Å². The second kappa shape index (κ2) is 3.97. The number of aromatic hydroxyl groups is 2. The summed E-state index contributed by atoms with van der Waals surface area (Å²) in [6.07, 6.45) is 0.114. The van der Waals surface area contributed by atoms with Crippen molar-refractivity contribution in [3.8, 4) is 11.5 Å². The molecule has 0 aliphatic carbocycles. The number of phenolic OH excluding ortho intramolecular Hbond substituents is 2. The largest absolute Gasteiger partial charge is 0.504 e. The molecule has 5 N–H and O–H groups in total. The summed E-state index contributed by atoms with van der Waals surface area (Å²) in [5.74, 6) is -1.62. The number of hydrogen-bond donors (Lipinski definition) is 4. The van der Waals surface area contributed by atoms with Crippen molar-refractivity contribution in [2.45, 2.75) is 12.5 Å². The van der Waals surface area contributed by atoms with Gasteiger partial charge in [0.05, 0.1) is 0 Å². The molecule has 5 nitrogen and oxygen atoms in total. The Morgan fingerprint density at radius 3 is 2.50 bits per heavy atom. The van der Waals surface area contributed by atoms with Gasteiger partial charge in [0.25, 0.3) is 0 Å². The Morgan fingerprint density at radius 2 is 2.00 bits per heavy atom. The Balaban J connectivity index is 2.78. The molecule has 1 aromatic carbocycles. The quantitative estimate of drug-likeness (QED) is 0.513. The van der Waals surface area contributed by atoms with Crippen LogP contribution < -0.4 is 5.73 Å². The third kappa shape index (κ3) is 2.37. The molecule has 0 bridgehead atoms. The first-order chi connectivity index (χ1) is 6.50. The fraction of sp³-hybridized carbons (Fsp3) is 0.222. The highest BCUT2D eigenvalue weighted by Crippen LogP contribution is 2.25. The number of phenols is 2. The van der Waals surface area contributed by atoms with Crippen LogP contribution in [0.5, 0.6) is 11.5 Å². The first-order valence-electron chi connectivity index (χ1n) is 4.00. The molecular weight excluding hydrogens is 186 g/mol. The van der Waals surface area contributed by atoms with Crippen LogP contribution in [0.15, 0.2) is 18.2 Å². The van der Waals surface area contributed by atoms with Crippen LogP contribution in [0.25, 0.3) is 0 Å². The monoisotopic (exact) mass is 197 g/mol. The number of nitrogens with two attached hydrogens (primary N) is 1. The molecule has 1 aromatic rings. The highest BCUT2D eigenvalue weighted by atomic mass is 16.4. The minimum atomic E-state index is -1.10. The fourth-order valence-corrected chi connectivity index (χ4v) is 1.04. The summed E-state index contributed by atoms with van der Waals surface area (Å²) in [7, 11) is 0. The molecule has 1 atom stereocenters. The van der Waals surface area contributed by atoms with Crippen LogP contribution in [0.1, 0.15) is 5.56 Å². The van der Waals surface area contributed by atoms with Gasteiger partial charge in [0.1, 0.15) is 6.04 Å². The van der Waals surface area contributed by atoms with E-state index in [2.05, 4.69) is 0 Å². The average molecular weight is 197 g/mol. The topological polar surface area (TPSA) is 104 Å². The molecule has 0 aliphatic heterocycles. The molecule has 0 radical (unpaired) electrons. The lowest BCUT2D eigenvalue weighted by molar-refractivity contribution is -0.138. The Morgan fingerprint density at radius 1 is 1.36 bits per heavy atom. The van der Waals surface area contributed by atoms with E-state index in [1.165, 1.54) is 18.2 Å². The molecule has 0 amide bonds. The van der Waals surface area contributed by atoms with Crippen LogP contribution in [-0.4, -0.2) is 27.3 Å². The van der Waals surface area contributed by atoms with Gasteiger partial charge in [-0.3, -0.25) is 4.79 Å². The maximum Gasteiger partial charge on any atom is 0.320 e. The number of carboxylic acids is 1. The third-order valence-electron chi connectivity index (χ3n) is 1.81. The predicted octanol–water partition coefficient (Wildman–Crippen LogP) is 0.0522. The molecule has 0 saturated heterocycles. The van der Waals surface area contributed by atoms with Crippen molar-refractivity contribution in [1.29, 1.82) is 0 Å². The van der Waals surface area contributed by atoms with Crippen molar-refractivity contribution in [3.63, 3.8) is 0 Å². The minimum Gasteiger partial charge on any atom is -0.504 e. The summed E-state index contributed by atoms with van der Waals surface area (Å²) < 4.78 is 0. The SMILES string of the molecule is N[C@H](Cc1ccc(O)c(O)c1)C(=O)O. The molecule has 0 aliphatic rings. The lowest BCUT2D eigenvalue weighted by Gasteiger charge is -2.06. The van der Waals surface area contributed by atoms with Crippen LogP contribution in [0.3, 0.4) is 0 Å². The summed E-state index contributed by atoms with van der Waals surface area (Å²) in [4.78, 5) is 10.4. The van der Waals surface area contributed by atoms with Gasteiger partial charge < -0.3 is 21.1 Å². The Bertz CT molecular complexity index is 351. The van der Waals surface area contributed by atoms with Gasteiger partial charge in [-0.25, -0.2) is 0 Å². The Labute approximate surface area is 80.4 Å². The highest BCUT2D eigenvalue weighted by molar-refractivity contribution is 5.73. The number of benzene rings is 1. The predicted molar refractivity (Wildman–Crippen MR) is 49.1 cm³/mol. The van der Waals surface area contributed by atoms with Gasteiger partial charge in [-0.05, 0) is 24.1 Å². The summed E-state index contributed by atoms with van der Waals surface area (Å²) in [5.41, 5.74) is 5.86. The van der Waals surface area contributed by atoms with Crippen molar-refractivity contribution in [2.75, 3.05) is 0 Å². The van der Waals surface area contributed by atoms with Crippen LogP contribution in [-0.2, 0) is 11.2 Å². The first kappa shape index (κ1) is 10.3. The van der Waals surface area contributed by atoms with E-state index in [0.717, 1.165) is 0 Å². The zero-order chi connectivity index (χ0) is 10.7. The molecule has 76 valence electrons. The van der Waals surface area contributed by atoms with Gasteiger partial charge >= 0.3 is 5.97 Å². The maximum absolute atomic E-state index is 10.4. The molecule has 14 heavy (non-hydrogen) atoms. The van der Waals surface area contributed by atoms with Crippen molar-refractivity contribution < 1.29 is 20.1 Å². The number of carbonyl (C=O) groups is 1. The molecule has 0 aromatic heterocycles. The summed E-state index contributed by atoms with van der Waals surface area (Å²) >= 11 is 0. The van der Waals surface area contributed by atoms with Gasteiger partial charge in [-0.1, -0.05) is 6.07 Å². The standard InChI is InChI=1S/C9H11NO4/c10-6(9(13)14)3-5-1-2-7(11)8(12)4-5/h1-2,4,6,11-12H,3,10H2,(H,13,14)/t6-/m1/s1. The summed E-state index contributed by atoms with van der Waals surface area (Å²) in [6, 6.07) is 3.09. The van der Waals surface area contributed by atoms with E-state index in [1.807, 2.05) is 0 Å². The number of carboxylic acid groups (broad SMARTS) is 1. The molecular formula is C9H11NO4. The van der Waals surface area contributed by atoms with E-state index in [1.54, 1.807) is 0 Å². The van der Waals surface area contributed by atoms with Crippen molar-refractivity contribution in [3.05, 3.63) is 23.8 Å². The Hall–Kier alpha value is -1.75. The van der Waals surface area contributed by atoms with Crippen molar-refractivity contribution >= 4 is 5.97 Å². The van der Waals surface area contributed by atoms with E-state index in [-0.39, 0.29) is 17.9 Å². The molecule has 0 fully saturated rings. The second-order valence-electron chi connectivity index (χ2n) is 2.97. The van der Waals surface area contributed by atoms with Gasteiger partial charge in [0, 0.05) is 0 Å². The average Bonchev–Trinajstić information content (AvgIpc) is 2.11. The lowest BCUT2D eigenvalue weighted by Crippen LogP contribution is -2.32.